The Morgan fingerprint density at radius 3 is 1.78 bits per heavy atom. The summed E-state index contributed by atoms with van der Waals surface area (Å²) in [6, 6.07) is 0. The zero-order valence-electron chi connectivity index (χ0n) is 5.75. The highest BCUT2D eigenvalue weighted by atomic mass is 16.3. The minimum Gasteiger partial charge on any atom is -0.393 e. The quantitative estimate of drug-likeness (QED) is 0.502. The van der Waals surface area contributed by atoms with Gasteiger partial charge in [0.25, 0.3) is 0 Å². The van der Waals surface area contributed by atoms with Crippen LogP contribution in [0.5, 0.6) is 0 Å². The van der Waals surface area contributed by atoms with Crippen molar-refractivity contribution in [1.82, 2.24) is 0 Å². The van der Waals surface area contributed by atoms with Crippen molar-refractivity contribution < 1.29 is 10.2 Å². The molecular weight excluding hydrogens is 116 g/mol. The van der Waals surface area contributed by atoms with Gasteiger partial charge in [-0.05, 0) is 25.2 Å². The molecule has 0 amide bonds. The van der Waals surface area contributed by atoms with Gasteiger partial charge in [-0.1, -0.05) is 6.92 Å². The van der Waals surface area contributed by atoms with E-state index in [2.05, 4.69) is 6.92 Å². The standard InChI is InChI=1S/C7H14O2/c1-5-2-6(8)4-7(9)3-5/h5-9H,2-4H2,1H3/t5?,6-,7+. The molecule has 1 rings (SSSR count). The molecule has 2 N–H and O–H groups in total. The van der Waals surface area contributed by atoms with Crippen LogP contribution < -0.4 is 0 Å². The number of aliphatic hydroxyl groups excluding tert-OH is 2. The predicted molar refractivity (Wildman–Crippen MR) is 35.0 cm³/mol. The van der Waals surface area contributed by atoms with Crippen LogP contribution in [-0.4, -0.2) is 22.4 Å². The zero-order valence-corrected chi connectivity index (χ0v) is 5.75. The molecular formula is C7H14O2. The van der Waals surface area contributed by atoms with Crippen molar-refractivity contribution in [3.8, 4) is 0 Å². The molecule has 0 radical (unpaired) electrons. The van der Waals surface area contributed by atoms with Crippen LogP contribution in [0.3, 0.4) is 0 Å². The van der Waals surface area contributed by atoms with Gasteiger partial charge in [0, 0.05) is 0 Å². The fourth-order valence-corrected chi connectivity index (χ4v) is 1.53. The number of rotatable bonds is 0. The lowest BCUT2D eigenvalue weighted by atomic mass is 9.87. The fourth-order valence-electron chi connectivity index (χ4n) is 1.53. The molecule has 1 unspecified atom stereocenters. The third-order valence-corrected chi connectivity index (χ3v) is 1.89. The lowest BCUT2D eigenvalue weighted by Crippen LogP contribution is -2.28. The molecule has 0 spiro atoms. The summed E-state index contributed by atoms with van der Waals surface area (Å²) in [6.07, 6.45) is 1.77. The summed E-state index contributed by atoms with van der Waals surface area (Å²) >= 11 is 0. The smallest absolute Gasteiger partial charge is 0.0567 e. The second kappa shape index (κ2) is 2.67. The van der Waals surface area contributed by atoms with Crippen molar-refractivity contribution in [2.75, 3.05) is 0 Å². The second-order valence-corrected chi connectivity index (χ2v) is 3.12. The van der Waals surface area contributed by atoms with Gasteiger partial charge >= 0.3 is 0 Å². The van der Waals surface area contributed by atoms with Gasteiger partial charge in [-0.15, -0.1) is 0 Å². The summed E-state index contributed by atoms with van der Waals surface area (Å²) in [5, 5.41) is 18.2. The Kier molecular flexibility index (Phi) is 2.09. The van der Waals surface area contributed by atoms with Crippen LogP contribution in [0, 0.1) is 5.92 Å². The van der Waals surface area contributed by atoms with Crippen molar-refractivity contribution in [2.45, 2.75) is 38.4 Å². The molecule has 3 atom stereocenters. The van der Waals surface area contributed by atoms with Crippen molar-refractivity contribution in [3.05, 3.63) is 0 Å². The van der Waals surface area contributed by atoms with E-state index in [9.17, 15) is 0 Å². The summed E-state index contributed by atoms with van der Waals surface area (Å²) < 4.78 is 0. The first-order valence-electron chi connectivity index (χ1n) is 3.54. The van der Waals surface area contributed by atoms with E-state index < -0.39 is 0 Å². The molecule has 54 valence electrons. The summed E-state index contributed by atoms with van der Waals surface area (Å²) in [6.45, 7) is 2.06. The predicted octanol–water partition coefficient (Wildman–Crippen LogP) is 0.528. The highest BCUT2D eigenvalue weighted by Crippen LogP contribution is 2.23. The lowest BCUT2D eigenvalue weighted by molar-refractivity contribution is 0.0186. The normalized spacial score (nSPS) is 45.0. The van der Waals surface area contributed by atoms with E-state index in [-0.39, 0.29) is 12.2 Å². The highest BCUT2D eigenvalue weighted by molar-refractivity contribution is 4.74. The Balaban J connectivity index is 2.34. The molecule has 0 aliphatic heterocycles. The monoisotopic (exact) mass is 130 g/mol. The van der Waals surface area contributed by atoms with E-state index in [1.807, 2.05) is 0 Å². The third-order valence-electron chi connectivity index (χ3n) is 1.89. The minimum absolute atomic E-state index is 0.260. The van der Waals surface area contributed by atoms with E-state index in [0.717, 1.165) is 12.8 Å². The van der Waals surface area contributed by atoms with Gasteiger partial charge in [0.2, 0.25) is 0 Å². The first kappa shape index (κ1) is 7.03. The summed E-state index contributed by atoms with van der Waals surface area (Å²) in [7, 11) is 0. The van der Waals surface area contributed by atoms with Crippen LogP contribution in [0.4, 0.5) is 0 Å². The maximum atomic E-state index is 9.09. The van der Waals surface area contributed by atoms with Crippen LogP contribution in [0.1, 0.15) is 26.2 Å². The summed E-state index contributed by atoms with van der Waals surface area (Å²) in [4.78, 5) is 0. The zero-order chi connectivity index (χ0) is 6.85. The molecule has 2 heteroatoms. The van der Waals surface area contributed by atoms with E-state index in [1.54, 1.807) is 0 Å². The topological polar surface area (TPSA) is 40.5 Å². The van der Waals surface area contributed by atoms with Crippen LogP contribution in [0.25, 0.3) is 0 Å². The molecule has 0 aromatic carbocycles. The van der Waals surface area contributed by atoms with E-state index in [4.69, 9.17) is 10.2 Å². The van der Waals surface area contributed by atoms with Crippen LogP contribution >= 0.6 is 0 Å². The maximum Gasteiger partial charge on any atom is 0.0567 e. The largest absolute Gasteiger partial charge is 0.393 e. The van der Waals surface area contributed by atoms with Gasteiger partial charge in [0.05, 0.1) is 12.2 Å². The van der Waals surface area contributed by atoms with E-state index >= 15 is 0 Å². The Morgan fingerprint density at radius 2 is 1.44 bits per heavy atom. The number of aliphatic hydroxyl groups is 2. The molecule has 0 bridgehead atoms. The lowest BCUT2D eigenvalue weighted by Gasteiger charge is -2.26. The Hall–Kier alpha value is -0.0800. The molecule has 1 saturated carbocycles. The van der Waals surface area contributed by atoms with Crippen molar-refractivity contribution in [2.24, 2.45) is 5.92 Å². The molecule has 9 heavy (non-hydrogen) atoms. The van der Waals surface area contributed by atoms with Crippen LogP contribution in [0.2, 0.25) is 0 Å². The molecule has 2 nitrogen and oxygen atoms in total. The molecule has 0 aromatic heterocycles. The third kappa shape index (κ3) is 1.95. The Morgan fingerprint density at radius 1 is 1.00 bits per heavy atom. The molecule has 0 aromatic rings. The maximum absolute atomic E-state index is 9.09. The molecule has 1 fully saturated rings. The first-order chi connectivity index (χ1) is 4.18. The van der Waals surface area contributed by atoms with Crippen molar-refractivity contribution >= 4 is 0 Å². The summed E-state index contributed by atoms with van der Waals surface area (Å²) in [5.74, 6) is 0.490. The van der Waals surface area contributed by atoms with Gasteiger partial charge in [-0.2, -0.15) is 0 Å². The number of hydrogen-bond donors (Lipinski definition) is 2. The average molecular weight is 130 g/mol. The van der Waals surface area contributed by atoms with Crippen molar-refractivity contribution in [3.63, 3.8) is 0 Å². The van der Waals surface area contributed by atoms with Crippen LogP contribution in [-0.2, 0) is 0 Å². The van der Waals surface area contributed by atoms with E-state index in [0.29, 0.717) is 12.3 Å². The van der Waals surface area contributed by atoms with Gasteiger partial charge in [0.15, 0.2) is 0 Å². The fraction of sp³-hybridized carbons (Fsp3) is 1.00. The van der Waals surface area contributed by atoms with Gasteiger partial charge in [-0.3, -0.25) is 0 Å². The van der Waals surface area contributed by atoms with Crippen LogP contribution in [0.15, 0.2) is 0 Å². The first-order valence-corrected chi connectivity index (χ1v) is 3.54. The average Bonchev–Trinajstić information content (AvgIpc) is 1.59. The van der Waals surface area contributed by atoms with Gasteiger partial charge < -0.3 is 10.2 Å². The molecule has 0 heterocycles. The molecule has 1 aliphatic rings. The molecule has 1 aliphatic carbocycles. The van der Waals surface area contributed by atoms with Crippen molar-refractivity contribution in [1.29, 1.82) is 0 Å². The number of hydrogen-bond acceptors (Lipinski definition) is 2. The van der Waals surface area contributed by atoms with Gasteiger partial charge in [0.1, 0.15) is 0 Å². The summed E-state index contributed by atoms with van der Waals surface area (Å²) in [5.41, 5.74) is 0. The highest BCUT2D eigenvalue weighted by Gasteiger charge is 2.22. The SMILES string of the molecule is CC1C[C@@H](O)C[C@@H](O)C1. The van der Waals surface area contributed by atoms with Gasteiger partial charge in [-0.25, -0.2) is 0 Å². The minimum atomic E-state index is -0.260. The Bertz CT molecular complexity index is 67.9. The molecule has 0 saturated heterocycles. The second-order valence-electron chi connectivity index (χ2n) is 3.12. The van der Waals surface area contributed by atoms with E-state index in [1.165, 1.54) is 0 Å². The Labute approximate surface area is 55.5 Å².